The van der Waals surface area contributed by atoms with Gasteiger partial charge in [-0.1, -0.05) is 69.0 Å². The average molecular weight is 340 g/mol. The number of ketones is 2. The summed E-state index contributed by atoms with van der Waals surface area (Å²) in [6, 6.07) is 6.61. The van der Waals surface area contributed by atoms with Crippen LogP contribution in [0.15, 0.2) is 47.7 Å². The Hall–Kier alpha value is -2.49. The largest absolute Gasteiger partial charge is 0.422 e. The number of unbranched alkanes of at least 4 members (excludes halogenated alkanes) is 5. The van der Waals surface area contributed by atoms with Gasteiger partial charge in [0.2, 0.25) is 5.78 Å². The molecule has 1 aliphatic carbocycles. The number of esters is 1. The first-order chi connectivity index (χ1) is 12.1. The van der Waals surface area contributed by atoms with Crippen molar-refractivity contribution >= 4 is 17.5 Å². The second-order valence-corrected chi connectivity index (χ2v) is 6.15. The summed E-state index contributed by atoms with van der Waals surface area (Å²) in [4.78, 5) is 36.7. The summed E-state index contributed by atoms with van der Waals surface area (Å²) in [5.41, 5.74) is 0.791. The highest BCUT2D eigenvalue weighted by Crippen LogP contribution is 2.28. The molecular weight excluding hydrogens is 316 g/mol. The summed E-state index contributed by atoms with van der Waals surface area (Å²) in [6.07, 6.45) is 10.1. The zero-order chi connectivity index (χ0) is 18.2. The molecule has 25 heavy (non-hydrogen) atoms. The minimum Gasteiger partial charge on any atom is -0.422 e. The van der Waals surface area contributed by atoms with E-state index in [4.69, 9.17) is 4.74 Å². The topological polar surface area (TPSA) is 60.4 Å². The van der Waals surface area contributed by atoms with Crippen LogP contribution in [0.4, 0.5) is 0 Å². The van der Waals surface area contributed by atoms with Gasteiger partial charge in [-0.3, -0.25) is 14.4 Å². The lowest BCUT2D eigenvalue weighted by atomic mass is 9.87. The number of fused-ring (bicyclic) bond motifs is 1. The molecule has 0 atom stereocenters. The number of carbonyl (C=O) groups excluding carboxylic acids is 3. The Morgan fingerprint density at radius 2 is 1.64 bits per heavy atom. The van der Waals surface area contributed by atoms with E-state index in [0.29, 0.717) is 5.56 Å². The van der Waals surface area contributed by atoms with Crippen LogP contribution in [0.25, 0.3) is 0 Å². The molecule has 0 N–H and O–H groups in total. The highest BCUT2D eigenvalue weighted by molar-refractivity contribution is 6.27. The van der Waals surface area contributed by atoms with Crippen molar-refractivity contribution < 1.29 is 19.1 Å². The van der Waals surface area contributed by atoms with E-state index < -0.39 is 11.8 Å². The van der Waals surface area contributed by atoms with Crippen LogP contribution < -0.4 is 0 Å². The van der Waals surface area contributed by atoms with Crippen molar-refractivity contribution in [3.8, 4) is 0 Å². The third-order valence-corrected chi connectivity index (χ3v) is 4.12. The van der Waals surface area contributed by atoms with Gasteiger partial charge in [0.05, 0.1) is 5.57 Å². The van der Waals surface area contributed by atoms with Crippen LogP contribution in [0.5, 0.6) is 0 Å². The molecule has 0 heterocycles. The van der Waals surface area contributed by atoms with Gasteiger partial charge in [-0.15, -0.1) is 0 Å². The smallest absolute Gasteiger partial charge is 0.308 e. The fourth-order valence-electron chi connectivity index (χ4n) is 2.84. The normalized spacial score (nSPS) is 14.2. The quantitative estimate of drug-likeness (QED) is 0.504. The highest BCUT2D eigenvalue weighted by atomic mass is 16.5. The molecule has 0 saturated heterocycles. The number of hydrogen-bond donors (Lipinski definition) is 0. The maximum atomic E-state index is 12.7. The van der Waals surface area contributed by atoms with E-state index in [0.717, 1.165) is 19.3 Å². The molecule has 1 aliphatic rings. The second-order valence-electron chi connectivity index (χ2n) is 6.15. The molecule has 0 amide bonds. The lowest BCUT2D eigenvalue weighted by molar-refractivity contribution is -0.136. The van der Waals surface area contributed by atoms with E-state index in [1.165, 1.54) is 26.2 Å². The summed E-state index contributed by atoms with van der Waals surface area (Å²) in [7, 11) is 0. The molecular formula is C21H24O4. The van der Waals surface area contributed by atoms with Gasteiger partial charge in [0.25, 0.3) is 0 Å². The van der Waals surface area contributed by atoms with E-state index in [-0.39, 0.29) is 22.7 Å². The van der Waals surface area contributed by atoms with Gasteiger partial charge in [0.15, 0.2) is 11.5 Å². The predicted molar refractivity (Wildman–Crippen MR) is 96.4 cm³/mol. The molecule has 0 unspecified atom stereocenters. The Kier molecular flexibility index (Phi) is 6.87. The zero-order valence-corrected chi connectivity index (χ0v) is 14.8. The molecule has 1 aromatic rings. The summed E-state index contributed by atoms with van der Waals surface area (Å²) >= 11 is 0. The summed E-state index contributed by atoms with van der Waals surface area (Å²) in [6.45, 7) is 3.40. The first-order valence-corrected chi connectivity index (χ1v) is 8.84. The second kappa shape index (κ2) is 9.11. The van der Waals surface area contributed by atoms with Gasteiger partial charge < -0.3 is 4.74 Å². The molecule has 132 valence electrons. The maximum Gasteiger partial charge on any atom is 0.308 e. The fourth-order valence-corrected chi connectivity index (χ4v) is 2.84. The van der Waals surface area contributed by atoms with E-state index in [9.17, 15) is 14.4 Å². The third kappa shape index (κ3) is 4.75. The molecule has 0 aliphatic heterocycles. The Balaban J connectivity index is 2.19. The number of hydrogen-bond acceptors (Lipinski definition) is 4. The number of allylic oxidation sites excluding steroid dienone is 4. The highest BCUT2D eigenvalue weighted by Gasteiger charge is 2.32. The van der Waals surface area contributed by atoms with Crippen LogP contribution in [0, 0.1) is 0 Å². The number of benzene rings is 1. The first-order valence-electron chi connectivity index (χ1n) is 8.84. The van der Waals surface area contributed by atoms with Crippen LogP contribution in [0.2, 0.25) is 0 Å². The van der Waals surface area contributed by atoms with Crippen molar-refractivity contribution in [1.29, 1.82) is 0 Å². The molecule has 0 radical (unpaired) electrons. The standard InChI is InChI=1S/C21H24O4/c1-3-4-5-6-7-8-9-14-18-19(23)16-12-10-11-13-17(16)20(24)21(18)25-15(2)22/h9-14H,3-8H2,1-2H3. The van der Waals surface area contributed by atoms with Gasteiger partial charge in [0, 0.05) is 18.1 Å². The van der Waals surface area contributed by atoms with E-state index >= 15 is 0 Å². The van der Waals surface area contributed by atoms with Crippen LogP contribution in [0.1, 0.15) is 73.1 Å². The summed E-state index contributed by atoms with van der Waals surface area (Å²) in [5.74, 6) is -1.49. The molecule has 0 saturated carbocycles. The fraction of sp³-hybridized carbons (Fsp3) is 0.381. The van der Waals surface area contributed by atoms with Crippen LogP contribution in [-0.2, 0) is 9.53 Å². The van der Waals surface area contributed by atoms with Crippen molar-refractivity contribution in [2.45, 2.75) is 52.4 Å². The zero-order valence-electron chi connectivity index (χ0n) is 14.8. The average Bonchev–Trinajstić information content (AvgIpc) is 2.60. The monoisotopic (exact) mass is 340 g/mol. The summed E-state index contributed by atoms with van der Waals surface area (Å²) in [5, 5.41) is 0. The number of rotatable bonds is 8. The van der Waals surface area contributed by atoms with Crippen molar-refractivity contribution in [3.63, 3.8) is 0 Å². The molecule has 2 rings (SSSR count). The molecule has 4 heteroatoms. The molecule has 1 aromatic carbocycles. The molecule has 0 fully saturated rings. The van der Waals surface area contributed by atoms with E-state index in [1.54, 1.807) is 30.3 Å². The lowest BCUT2D eigenvalue weighted by Gasteiger charge is -2.18. The van der Waals surface area contributed by atoms with Crippen molar-refractivity contribution in [2.75, 3.05) is 0 Å². The van der Waals surface area contributed by atoms with Crippen LogP contribution in [0.3, 0.4) is 0 Å². The Morgan fingerprint density at radius 1 is 1.00 bits per heavy atom. The van der Waals surface area contributed by atoms with Crippen molar-refractivity contribution in [3.05, 3.63) is 58.9 Å². The van der Waals surface area contributed by atoms with Gasteiger partial charge in [0.1, 0.15) is 0 Å². The number of ether oxygens (including phenoxy) is 1. The van der Waals surface area contributed by atoms with Gasteiger partial charge in [-0.25, -0.2) is 0 Å². The minimum absolute atomic E-state index is 0.160. The van der Waals surface area contributed by atoms with Gasteiger partial charge in [-0.2, -0.15) is 0 Å². The first kappa shape index (κ1) is 18.8. The Morgan fingerprint density at radius 3 is 2.28 bits per heavy atom. The minimum atomic E-state index is -0.610. The Bertz CT molecular complexity index is 725. The number of Topliss-reactive ketones (excluding diaryl/α,β-unsaturated/α-hetero) is 2. The maximum absolute atomic E-state index is 12.7. The van der Waals surface area contributed by atoms with E-state index in [1.807, 2.05) is 6.08 Å². The predicted octanol–water partition coefficient (Wildman–Crippen LogP) is 4.80. The van der Waals surface area contributed by atoms with Gasteiger partial charge in [-0.05, 0) is 12.8 Å². The third-order valence-electron chi connectivity index (χ3n) is 4.12. The molecule has 0 spiro atoms. The van der Waals surface area contributed by atoms with Gasteiger partial charge >= 0.3 is 5.97 Å². The molecule has 4 nitrogen and oxygen atoms in total. The molecule has 0 bridgehead atoms. The van der Waals surface area contributed by atoms with Crippen molar-refractivity contribution in [2.24, 2.45) is 0 Å². The van der Waals surface area contributed by atoms with E-state index in [2.05, 4.69) is 6.92 Å². The molecule has 0 aromatic heterocycles. The van der Waals surface area contributed by atoms with Crippen LogP contribution in [-0.4, -0.2) is 17.5 Å². The van der Waals surface area contributed by atoms with Crippen molar-refractivity contribution in [1.82, 2.24) is 0 Å². The number of carbonyl (C=O) groups is 3. The lowest BCUT2D eigenvalue weighted by Crippen LogP contribution is -2.23. The summed E-state index contributed by atoms with van der Waals surface area (Å²) < 4.78 is 5.07. The van der Waals surface area contributed by atoms with Crippen LogP contribution >= 0.6 is 0 Å². The SMILES string of the molecule is CCCCCCCC=CC1=C(OC(C)=O)C(=O)c2ccccc2C1=O. The Labute approximate surface area is 148 Å².